The lowest BCUT2D eigenvalue weighted by Gasteiger charge is -2.22. The first kappa shape index (κ1) is 18.5. The molecule has 0 saturated heterocycles. The minimum atomic E-state index is -0.578. The Kier molecular flexibility index (Phi) is 4.87. The number of nitrogens with zero attached hydrogens (tertiary/aromatic N) is 3. The number of aromatic nitrogens is 2. The van der Waals surface area contributed by atoms with E-state index in [1.807, 2.05) is 68.7 Å². The minimum absolute atomic E-state index is 0.391. The first-order valence-corrected chi connectivity index (χ1v) is 8.76. The smallest absolute Gasteiger partial charge is 0.408 e. The van der Waals surface area contributed by atoms with Crippen molar-refractivity contribution in [1.29, 1.82) is 5.26 Å². The molecule has 0 aliphatic carbocycles. The van der Waals surface area contributed by atoms with Crippen molar-refractivity contribution in [1.82, 2.24) is 14.9 Å². The molecule has 3 rings (SSSR count). The molecule has 0 aliphatic rings. The first-order valence-electron chi connectivity index (χ1n) is 8.76. The summed E-state index contributed by atoms with van der Waals surface area (Å²) in [7, 11) is 0. The van der Waals surface area contributed by atoms with E-state index in [1.165, 1.54) is 0 Å². The van der Waals surface area contributed by atoms with Crippen molar-refractivity contribution in [3.05, 3.63) is 59.9 Å². The van der Waals surface area contributed by atoms with E-state index in [1.54, 1.807) is 12.1 Å². The molecule has 1 heterocycles. The van der Waals surface area contributed by atoms with Gasteiger partial charge in [-0.3, -0.25) is 4.57 Å². The highest BCUT2D eigenvalue weighted by Crippen LogP contribution is 2.26. The van der Waals surface area contributed by atoms with Crippen molar-refractivity contribution in [3.63, 3.8) is 0 Å². The fourth-order valence-electron chi connectivity index (χ4n) is 2.87. The van der Waals surface area contributed by atoms with Gasteiger partial charge in [-0.25, -0.2) is 9.78 Å². The molecule has 1 N–H and O–H groups in total. The number of imidazole rings is 1. The molecule has 0 saturated carbocycles. The molecule has 0 radical (unpaired) electrons. The second kappa shape index (κ2) is 7.12. The number of amides is 1. The second-order valence-electron chi connectivity index (χ2n) is 7.32. The SMILES string of the molecule is CC(NC(=O)OC(C)(C)C)c1nc2ccccc2n1-c1cccc(C#N)c1. The van der Waals surface area contributed by atoms with Gasteiger partial charge in [-0.15, -0.1) is 0 Å². The lowest BCUT2D eigenvalue weighted by atomic mass is 10.2. The Labute approximate surface area is 158 Å². The van der Waals surface area contributed by atoms with Gasteiger partial charge in [0.2, 0.25) is 0 Å². The quantitative estimate of drug-likeness (QED) is 0.745. The lowest BCUT2D eigenvalue weighted by molar-refractivity contribution is 0.0505. The van der Waals surface area contributed by atoms with Crippen LogP contribution in [0.3, 0.4) is 0 Å². The third kappa shape index (κ3) is 4.09. The molecule has 0 bridgehead atoms. The molecule has 1 amide bonds. The Balaban J connectivity index is 2.05. The highest BCUT2D eigenvalue weighted by atomic mass is 16.6. The number of rotatable bonds is 3. The summed E-state index contributed by atoms with van der Waals surface area (Å²) in [6, 6.07) is 16.8. The zero-order valence-corrected chi connectivity index (χ0v) is 15.9. The summed E-state index contributed by atoms with van der Waals surface area (Å²) in [6.07, 6.45) is -0.501. The van der Waals surface area contributed by atoms with Crippen molar-refractivity contribution in [2.75, 3.05) is 0 Å². The summed E-state index contributed by atoms with van der Waals surface area (Å²) < 4.78 is 7.31. The van der Waals surface area contributed by atoms with Crippen molar-refractivity contribution in [3.8, 4) is 11.8 Å². The highest BCUT2D eigenvalue weighted by Gasteiger charge is 2.22. The van der Waals surface area contributed by atoms with Crippen LogP contribution >= 0.6 is 0 Å². The van der Waals surface area contributed by atoms with Crippen molar-refractivity contribution in [2.24, 2.45) is 0 Å². The second-order valence-corrected chi connectivity index (χ2v) is 7.32. The van der Waals surface area contributed by atoms with Gasteiger partial charge in [0.15, 0.2) is 0 Å². The van der Waals surface area contributed by atoms with Crippen LogP contribution < -0.4 is 5.32 Å². The van der Waals surface area contributed by atoms with E-state index in [0.717, 1.165) is 16.7 Å². The summed E-state index contributed by atoms with van der Waals surface area (Å²) in [5.74, 6) is 0.664. The average molecular weight is 362 g/mol. The summed E-state index contributed by atoms with van der Waals surface area (Å²) >= 11 is 0. The molecule has 1 unspecified atom stereocenters. The number of fused-ring (bicyclic) bond motifs is 1. The molecule has 3 aromatic rings. The molecule has 1 atom stereocenters. The third-order valence-corrected chi connectivity index (χ3v) is 3.94. The summed E-state index contributed by atoms with van der Waals surface area (Å²) in [5.41, 5.74) is 2.51. The molecule has 2 aromatic carbocycles. The number of carbonyl (C=O) groups is 1. The van der Waals surface area contributed by atoms with Crippen LogP contribution in [0.2, 0.25) is 0 Å². The Hall–Kier alpha value is -3.33. The molecule has 27 heavy (non-hydrogen) atoms. The van der Waals surface area contributed by atoms with Crippen LogP contribution in [0.25, 0.3) is 16.7 Å². The third-order valence-electron chi connectivity index (χ3n) is 3.94. The van der Waals surface area contributed by atoms with Crippen LogP contribution in [0.15, 0.2) is 48.5 Å². The molecule has 0 fully saturated rings. The normalized spacial score (nSPS) is 12.4. The van der Waals surface area contributed by atoms with Gasteiger partial charge in [0.25, 0.3) is 0 Å². The Morgan fingerprint density at radius 3 is 2.67 bits per heavy atom. The molecule has 6 nitrogen and oxygen atoms in total. The molecular formula is C21H22N4O2. The van der Waals surface area contributed by atoms with Gasteiger partial charge in [0.05, 0.1) is 28.7 Å². The molecule has 1 aromatic heterocycles. The van der Waals surface area contributed by atoms with Crippen LogP contribution in [-0.4, -0.2) is 21.2 Å². The van der Waals surface area contributed by atoms with E-state index in [-0.39, 0.29) is 0 Å². The highest BCUT2D eigenvalue weighted by molar-refractivity contribution is 5.79. The maximum atomic E-state index is 12.2. The van der Waals surface area contributed by atoms with Crippen LogP contribution in [0.1, 0.15) is 45.1 Å². The van der Waals surface area contributed by atoms with Crippen molar-refractivity contribution >= 4 is 17.1 Å². The molecular weight excluding hydrogens is 340 g/mol. The van der Waals surface area contributed by atoms with Gasteiger partial charge < -0.3 is 10.1 Å². The fourth-order valence-corrected chi connectivity index (χ4v) is 2.87. The van der Waals surface area contributed by atoms with Gasteiger partial charge >= 0.3 is 6.09 Å². The lowest BCUT2D eigenvalue weighted by Crippen LogP contribution is -2.34. The number of ether oxygens (including phenoxy) is 1. The molecule has 0 aliphatic heterocycles. The van der Waals surface area contributed by atoms with Gasteiger partial charge in [-0.2, -0.15) is 5.26 Å². The number of carbonyl (C=O) groups excluding carboxylic acids is 1. The molecule has 138 valence electrons. The van der Waals surface area contributed by atoms with Gasteiger partial charge in [0, 0.05) is 5.69 Å². The zero-order valence-electron chi connectivity index (χ0n) is 15.9. The standard InChI is InChI=1S/C21H22N4O2/c1-14(23-20(26)27-21(2,3)4)19-24-17-10-5-6-11-18(17)25(19)16-9-7-8-15(12-16)13-22/h5-12,14H,1-4H3,(H,23,26). The number of alkyl carbamates (subject to hydrolysis) is 1. The predicted octanol–water partition coefficient (Wildman–Crippen LogP) is 4.48. The van der Waals surface area contributed by atoms with E-state index in [2.05, 4.69) is 11.4 Å². The van der Waals surface area contributed by atoms with Crippen molar-refractivity contribution < 1.29 is 9.53 Å². The van der Waals surface area contributed by atoms with Gasteiger partial charge in [-0.1, -0.05) is 18.2 Å². The number of benzene rings is 2. The number of hydrogen-bond donors (Lipinski definition) is 1. The summed E-state index contributed by atoms with van der Waals surface area (Å²) in [4.78, 5) is 16.9. The number of nitrogens with one attached hydrogen (secondary N) is 1. The van der Waals surface area contributed by atoms with E-state index in [4.69, 9.17) is 9.72 Å². The van der Waals surface area contributed by atoms with Crippen LogP contribution in [-0.2, 0) is 4.74 Å². The first-order chi connectivity index (χ1) is 12.8. The zero-order chi connectivity index (χ0) is 19.6. The maximum Gasteiger partial charge on any atom is 0.408 e. The topological polar surface area (TPSA) is 79.9 Å². The number of nitriles is 1. The largest absolute Gasteiger partial charge is 0.444 e. The van der Waals surface area contributed by atoms with Gasteiger partial charge in [-0.05, 0) is 58.0 Å². The van der Waals surface area contributed by atoms with Crippen LogP contribution in [0, 0.1) is 11.3 Å². The van der Waals surface area contributed by atoms with Gasteiger partial charge in [0.1, 0.15) is 11.4 Å². The Morgan fingerprint density at radius 1 is 1.22 bits per heavy atom. The van der Waals surface area contributed by atoms with Crippen molar-refractivity contribution in [2.45, 2.75) is 39.3 Å². The monoisotopic (exact) mass is 362 g/mol. The van der Waals surface area contributed by atoms with Crippen LogP contribution in [0.4, 0.5) is 4.79 Å². The summed E-state index contributed by atoms with van der Waals surface area (Å²) in [5, 5.41) is 12.1. The molecule has 6 heteroatoms. The van der Waals surface area contributed by atoms with Crippen LogP contribution in [0.5, 0.6) is 0 Å². The Morgan fingerprint density at radius 2 is 1.96 bits per heavy atom. The Bertz CT molecular complexity index is 1020. The minimum Gasteiger partial charge on any atom is -0.444 e. The average Bonchev–Trinajstić information content (AvgIpc) is 2.99. The fraction of sp³-hybridized carbons (Fsp3) is 0.286. The maximum absolute atomic E-state index is 12.2. The van der Waals surface area contributed by atoms with E-state index in [0.29, 0.717) is 11.4 Å². The summed E-state index contributed by atoms with van der Waals surface area (Å²) in [6.45, 7) is 7.31. The van der Waals surface area contributed by atoms with E-state index >= 15 is 0 Å². The molecule has 0 spiro atoms. The number of hydrogen-bond acceptors (Lipinski definition) is 4. The number of para-hydroxylation sites is 2. The van der Waals surface area contributed by atoms with E-state index in [9.17, 15) is 10.1 Å². The predicted molar refractivity (Wildman–Crippen MR) is 104 cm³/mol. The van der Waals surface area contributed by atoms with E-state index < -0.39 is 17.7 Å².